The van der Waals surface area contributed by atoms with E-state index in [-0.39, 0.29) is 0 Å². The first-order chi connectivity index (χ1) is 7.66. The molecule has 0 atom stereocenters. The smallest absolute Gasteiger partial charge is 0.0529 e. The van der Waals surface area contributed by atoms with E-state index in [0.29, 0.717) is 0 Å². The Kier molecular flexibility index (Phi) is 1.90. The summed E-state index contributed by atoms with van der Waals surface area (Å²) < 4.78 is 0. The Bertz CT molecular complexity index is 582. The molecule has 3 rings (SSSR count). The van der Waals surface area contributed by atoms with E-state index in [9.17, 15) is 0 Å². The first-order valence-electron chi connectivity index (χ1n) is 5.73. The number of fused-ring (bicyclic) bond motifs is 3. The van der Waals surface area contributed by atoms with Crippen LogP contribution in [-0.4, -0.2) is 4.98 Å². The molecular formula is C15H15N. The van der Waals surface area contributed by atoms with E-state index in [1.54, 1.807) is 0 Å². The Hall–Kier alpha value is -1.63. The van der Waals surface area contributed by atoms with Gasteiger partial charge in [-0.2, -0.15) is 0 Å². The summed E-state index contributed by atoms with van der Waals surface area (Å²) in [5.74, 6) is 0. The van der Waals surface area contributed by atoms with E-state index >= 15 is 0 Å². The lowest BCUT2D eigenvalue weighted by Gasteiger charge is -2.08. The number of pyridine rings is 1. The molecule has 0 fully saturated rings. The molecule has 0 saturated carbocycles. The monoisotopic (exact) mass is 209 g/mol. The molecule has 16 heavy (non-hydrogen) atoms. The summed E-state index contributed by atoms with van der Waals surface area (Å²) in [5.41, 5.74) is 9.30. The molecule has 1 aliphatic rings. The molecule has 0 spiro atoms. The van der Waals surface area contributed by atoms with Gasteiger partial charge in [0, 0.05) is 17.7 Å². The highest BCUT2D eigenvalue weighted by molar-refractivity contribution is 5.79. The SMILES string of the molecule is Cc1ccc2c(n1)Cc1ccc(C)c(C)c1-2. The molecule has 1 aromatic heterocycles. The topological polar surface area (TPSA) is 12.9 Å². The molecule has 0 radical (unpaired) electrons. The predicted octanol–water partition coefficient (Wildman–Crippen LogP) is 3.58. The van der Waals surface area contributed by atoms with Gasteiger partial charge in [0.25, 0.3) is 0 Å². The van der Waals surface area contributed by atoms with Gasteiger partial charge in [-0.25, -0.2) is 0 Å². The number of hydrogen-bond acceptors (Lipinski definition) is 1. The zero-order chi connectivity index (χ0) is 11.3. The van der Waals surface area contributed by atoms with Crippen LogP contribution in [0, 0.1) is 20.8 Å². The highest BCUT2D eigenvalue weighted by Gasteiger charge is 2.21. The van der Waals surface area contributed by atoms with Gasteiger partial charge in [0.15, 0.2) is 0 Å². The Morgan fingerprint density at radius 1 is 1.00 bits per heavy atom. The molecule has 0 aliphatic heterocycles. The lowest BCUT2D eigenvalue weighted by atomic mass is 9.97. The Balaban J connectivity index is 2.32. The number of hydrogen-bond donors (Lipinski definition) is 0. The van der Waals surface area contributed by atoms with E-state index < -0.39 is 0 Å². The number of rotatable bonds is 0. The summed E-state index contributed by atoms with van der Waals surface area (Å²) in [6.07, 6.45) is 0.994. The van der Waals surface area contributed by atoms with Crippen LogP contribution in [0.2, 0.25) is 0 Å². The average Bonchev–Trinajstić information content (AvgIpc) is 2.61. The number of aryl methyl sites for hydroxylation is 2. The molecule has 1 heterocycles. The van der Waals surface area contributed by atoms with Crippen LogP contribution < -0.4 is 0 Å². The van der Waals surface area contributed by atoms with E-state index in [2.05, 4.69) is 50.0 Å². The molecule has 1 aliphatic carbocycles. The Labute approximate surface area is 96.2 Å². The van der Waals surface area contributed by atoms with Crippen LogP contribution >= 0.6 is 0 Å². The summed E-state index contributed by atoms with van der Waals surface area (Å²) in [4.78, 5) is 4.64. The number of aromatic nitrogens is 1. The molecule has 0 N–H and O–H groups in total. The fourth-order valence-corrected chi connectivity index (χ4v) is 2.55. The van der Waals surface area contributed by atoms with Crippen LogP contribution in [0.15, 0.2) is 24.3 Å². The van der Waals surface area contributed by atoms with Gasteiger partial charge >= 0.3 is 0 Å². The van der Waals surface area contributed by atoms with E-state index in [1.807, 2.05) is 0 Å². The minimum Gasteiger partial charge on any atom is -0.257 e. The van der Waals surface area contributed by atoms with Crippen molar-refractivity contribution in [2.75, 3.05) is 0 Å². The molecule has 2 aromatic rings. The fraction of sp³-hybridized carbons (Fsp3) is 0.267. The van der Waals surface area contributed by atoms with Crippen molar-refractivity contribution in [1.29, 1.82) is 0 Å². The maximum absolute atomic E-state index is 4.64. The van der Waals surface area contributed by atoms with Crippen molar-refractivity contribution in [1.82, 2.24) is 4.98 Å². The molecule has 0 amide bonds. The zero-order valence-corrected chi connectivity index (χ0v) is 9.96. The van der Waals surface area contributed by atoms with Gasteiger partial charge in [0.2, 0.25) is 0 Å². The second-order valence-electron chi connectivity index (χ2n) is 4.67. The van der Waals surface area contributed by atoms with Crippen LogP contribution in [0.5, 0.6) is 0 Å². The lowest BCUT2D eigenvalue weighted by molar-refractivity contribution is 1.07. The van der Waals surface area contributed by atoms with Crippen molar-refractivity contribution in [3.05, 3.63) is 52.3 Å². The maximum atomic E-state index is 4.64. The van der Waals surface area contributed by atoms with Crippen molar-refractivity contribution in [3.8, 4) is 11.1 Å². The summed E-state index contributed by atoms with van der Waals surface area (Å²) in [6.45, 7) is 6.44. The van der Waals surface area contributed by atoms with Crippen LogP contribution in [0.1, 0.15) is 28.1 Å². The predicted molar refractivity (Wildman–Crippen MR) is 66.7 cm³/mol. The van der Waals surface area contributed by atoms with Gasteiger partial charge in [-0.3, -0.25) is 4.98 Å². The third kappa shape index (κ3) is 1.21. The minimum absolute atomic E-state index is 0.994. The normalized spacial score (nSPS) is 12.4. The second kappa shape index (κ2) is 3.18. The summed E-state index contributed by atoms with van der Waals surface area (Å²) in [6, 6.07) is 8.78. The first-order valence-corrected chi connectivity index (χ1v) is 5.73. The largest absolute Gasteiger partial charge is 0.257 e. The molecule has 0 saturated heterocycles. The fourth-order valence-electron chi connectivity index (χ4n) is 2.55. The molecule has 0 bridgehead atoms. The molecule has 1 nitrogen and oxygen atoms in total. The van der Waals surface area contributed by atoms with Crippen LogP contribution in [-0.2, 0) is 6.42 Å². The van der Waals surface area contributed by atoms with Crippen molar-refractivity contribution >= 4 is 0 Å². The maximum Gasteiger partial charge on any atom is 0.0529 e. The van der Waals surface area contributed by atoms with Crippen LogP contribution in [0.4, 0.5) is 0 Å². The molecule has 0 unspecified atom stereocenters. The highest BCUT2D eigenvalue weighted by atomic mass is 14.7. The van der Waals surface area contributed by atoms with Crippen LogP contribution in [0.25, 0.3) is 11.1 Å². The molecule has 1 aromatic carbocycles. The zero-order valence-electron chi connectivity index (χ0n) is 9.96. The standard InChI is InChI=1S/C15H15N/c1-9-4-6-12-8-14-13(15(12)11(9)3)7-5-10(2)16-14/h4-7H,8H2,1-3H3. The van der Waals surface area contributed by atoms with E-state index in [0.717, 1.165) is 12.1 Å². The first kappa shape index (κ1) is 9.59. The third-order valence-corrected chi connectivity index (χ3v) is 3.56. The third-order valence-electron chi connectivity index (χ3n) is 3.56. The highest BCUT2D eigenvalue weighted by Crippen LogP contribution is 2.38. The summed E-state index contributed by atoms with van der Waals surface area (Å²) >= 11 is 0. The van der Waals surface area contributed by atoms with Crippen molar-refractivity contribution in [2.45, 2.75) is 27.2 Å². The molecule has 80 valence electrons. The van der Waals surface area contributed by atoms with Gasteiger partial charge < -0.3 is 0 Å². The molecular weight excluding hydrogens is 194 g/mol. The quantitative estimate of drug-likeness (QED) is 0.551. The Morgan fingerprint density at radius 2 is 1.81 bits per heavy atom. The van der Waals surface area contributed by atoms with Gasteiger partial charge in [-0.1, -0.05) is 18.2 Å². The number of nitrogens with zero attached hydrogens (tertiary/aromatic N) is 1. The molecule has 1 heteroatoms. The van der Waals surface area contributed by atoms with Crippen LogP contribution in [0.3, 0.4) is 0 Å². The van der Waals surface area contributed by atoms with Crippen molar-refractivity contribution in [2.24, 2.45) is 0 Å². The van der Waals surface area contributed by atoms with Crippen molar-refractivity contribution in [3.63, 3.8) is 0 Å². The Morgan fingerprint density at radius 3 is 2.62 bits per heavy atom. The van der Waals surface area contributed by atoms with E-state index in [1.165, 1.54) is 33.5 Å². The number of benzene rings is 1. The second-order valence-corrected chi connectivity index (χ2v) is 4.67. The van der Waals surface area contributed by atoms with Gasteiger partial charge in [-0.15, -0.1) is 0 Å². The minimum atomic E-state index is 0.994. The lowest BCUT2D eigenvalue weighted by Crippen LogP contribution is -1.89. The average molecular weight is 209 g/mol. The summed E-state index contributed by atoms with van der Waals surface area (Å²) in [7, 11) is 0. The van der Waals surface area contributed by atoms with Gasteiger partial charge in [0.1, 0.15) is 0 Å². The van der Waals surface area contributed by atoms with Crippen molar-refractivity contribution < 1.29 is 0 Å². The van der Waals surface area contributed by atoms with Gasteiger partial charge in [0.05, 0.1) is 5.69 Å². The van der Waals surface area contributed by atoms with E-state index in [4.69, 9.17) is 0 Å². The summed E-state index contributed by atoms with van der Waals surface area (Å²) in [5, 5.41) is 0. The van der Waals surface area contributed by atoms with Gasteiger partial charge in [-0.05, 0) is 49.1 Å².